The van der Waals surface area contributed by atoms with Gasteiger partial charge < -0.3 is 15.1 Å². The maximum Gasteiger partial charge on any atom is 0.253 e. The SMILES string of the molecule is CC(C)(C)NC(=O)c1ccc(N2CCN(c3cccc(Cl)c3)CC2)nc1. The van der Waals surface area contributed by atoms with Gasteiger partial charge in [-0.05, 0) is 51.1 Å². The number of hydrogen-bond acceptors (Lipinski definition) is 4. The number of aromatic nitrogens is 1. The van der Waals surface area contributed by atoms with Crippen LogP contribution in [0, 0.1) is 0 Å². The minimum absolute atomic E-state index is 0.0951. The molecular formula is C20H25ClN4O. The summed E-state index contributed by atoms with van der Waals surface area (Å²) in [5.74, 6) is 0.811. The first-order valence-electron chi connectivity index (χ1n) is 8.86. The van der Waals surface area contributed by atoms with Crippen LogP contribution in [0.4, 0.5) is 11.5 Å². The van der Waals surface area contributed by atoms with E-state index in [1.54, 1.807) is 6.20 Å². The molecule has 1 aliphatic heterocycles. The van der Waals surface area contributed by atoms with Crippen LogP contribution in [-0.2, 0) is 0 Å². The molecule has 1 saturated heterocycles. The van der Waals surface area contributed by atoms with Crippen molar-refractivity contribution in [1.82, 2.24) is 10.3 Å². The minimum atomic E-state index is -0.258. The van der Waals surface area contributed by atoms with Gasteiger partial charge in [-0.3, -0.25) is 4.79 Å². The van der Waals surface area contributed by atoms with E-state index in [4.69, 9.17) is 11.6 Å². The third-order valence-corrected chi connectivity index (χ3v) is 4.51. The van der Waals surface area contributed by atoms with Gasteiger partial charge in [0, 0.05) is 48.6 Å². The zero-order valence-corrected chi connectivity index (χ0v) is 16.3. The summed E-state index contributed by atoms with van der Waals surface area (Å²) in [5.41, 5.74) is 1.48. The largest absolute Gasteiger partial charge is 0.368 e. The smallest absolute Gasteiger partial charge is 0.253 e. The Morgan fingerprint density at radius 3 is 2.35 bits per heavy atom. The van der Waals surface area contributed by atoms with E-state index in [-0.39, 0.29) is 11.4 Å². The highest BCUT2D eigenvalue weighted by molar-refractivity contribution is 6.30. The minimum Gasteiger partial charge on any atom is -0.368 e. The summed E-state index contributed by atoms with van der Waals surface area (Å²) in [7, 11) is 0. The maximum absolute atomic E-state index is 12.2. The molecule has 0 radical (unpaired) electrons. The Bertz CT molecular complexity index is 762. The van der Waals surface area contributed by atoms with Crippen molar-refractivity contribution >= 4 is 29.0 Å². The number of nitrogens with one attached hydrogen (secondary N) is 1. The second-order valence-corrected chi connectivity index (χ2v) is 8.00. The number of anilines is 2. The zero-order valence-electron chi connectivity index (χ0n) is 15.5. The van der Waals surface area contributed by atoms with Gasteiger partial charge in [-0.15, -0.1) is 0 Å². The molecule has 0 saturated carbocycles. The van der Waals surface area contributed by atoms with Crippen molar-refractivity contribution < 1.29 is 4.79 Å². The van der Waals surface area contributed by atoms with Crippen LogP contribution in [0.15, 0.2) is 42.6 Å². The van der Waals surface area contributed by atoms with Gasteiger partial charge in [-0.25, -0.2) is 4.98 Å². The Hall–Kier alpha value is -2.27. The normalized spacial score (nSPS) is 15.1. The molecule has 1 aliphatic rings. The summed E-state index contributed by atoms with van der Waals surface area (Å²) in [4.78, 5) is 21.3. The fraction of sp³-hybridized carbons (Fsp3) is 0.400. The molecule has 26 heavy (non-hydrogen) atoms. The highest BCUT2D eigenvalue weighted by Crippen LogP contribution is 2.22. The molecule has 2 aromatic rings. The molecule has 0 unspecified atom stereocenters. The molecule has 0 aliphatic carbocycles. The second kappa shape index (κ2) is 7.54. The summed E-state index contributed by atoms with van der Waals surface area (Å²) in [6.45, 7) is 9.48. The van der Waals surface area contributed by atoms with Gasteiger partial charge in [0.1, 0.15) is 5.82 Å². The van der Waals surface area contributed by atoms with Crippen molar-refractivity contribution in [3.63, 3.8) is 0 Å². The van der Waals surface area contributed by atoms with Crippen LogP contribution in [0.5, 0.6) is 0 Å². The van der Waals surface area contributed by atoms with Gasteiger partial charge in [0.05, 0.1) is 5.56 Å². The van der Waals surface area contributed by atoms with Gasteiger partial charge in [0.25, 0.3) is 5.91 Å². The summed E-state index contributed by atoms with van der Waals surface area (Å²) in [6.07, 6.45) is 1.65. The number of carbonyl (C=O) groups is 1. The quantitative estimate of drug-likeness (QED) is 0.894. The van der Waals surface area contributed by atoms with E-state index < -0.39 is 0 Å². The molecule has 2 heterocycles. The first kappa shape index (κ1) is 18.5. The molecule has 5 nitrogen and oxygen atoms in total. The van der Waals surface area contributed by atoms with E-state index in [1.165, 1.54) is 0 Å². The third kappa shape index (κ3) is 4.67. The Morgan fingerprint density at radius 2 is 1.77 bits per heavy atom. The lowest BCUT2D eigenvalue weighted by Gasteiger charge is -2.36. The lowest BCUT2D eigenvalue weighted by Crippen LogP contribution is -2.46. The van der Waals surface area contributed by atoms with Crippen LogP contribution >= 0.6 is 11.6 Å². The lowest BCUT2D eigenvalue weighted by molar-refractivity contribution is 0.0919. The van der Waals surface area contributed by atoms with Crippen LogP contribution in [0.2, 0.25) is 5.02 Å². The molecule has 6 heteroatoms. The van der Waals surface area contributed by atoms with Gasteiger partial charge in [0.15, 0.2) is 0 Å². The number of carbonyl (C=O) groups excluding carboxylic acids is 1. The van der Waals surface area contributed by atoms with Crippen molar-refractivity contribution in [3.8, 4) is 0 Å². The molecule has 1 N–H and O–H groups in total. The number of nitrogens with zero attached hydrogens (tertiary/aromatic N) is 3. The van der Waals surface area contributed by atoms with E-state index in [0.717, 1.165) is 42.7 Å². The molecular weight excluding hydrogens is 348 g/mol. The number of pyridine rings is 1. The lowest BCUT2D eigenvalue weighted by atomic mass is 10.1. The zero-order chi connectivity index (χ0) is 18.7. The third-order valence-electron chi connectivity index (χ3n) is 4.28. The van der Waals surface area contributed by atoms with Gasteiger partial charge in [-0.2, -0.15) is 0 Å². The number of halogens is 1. The van der Waals surface area contributed by atoms with Crippen LogP contribution in [-0.4, -0.2) is 42.6 Å². The fourth-order valence-corrected chi connectivity index (χ4v) is 3.17. The van der Waals surface area contributed by atoms with Crippen molar-refractivity contribution in [2.24, 2.45) is 0 Å². The molecule has 1 aromatic carbocycles. The van der Waals surface area contributed by atoms with Gasteiger partial charge in [0.2, 0.25) is 0 Å². The number of benzene rings is 1. The Morgan fingerprint density at radius 1 is 1.08 bits per heavy atom. The van der Waals surface area contributed by atoms with E-state index in [2.05, 4.69) is 26.2 Å². The molecule has 1 fully saturated rings. The predicted molar refractivity (Wildman–Crippen MR) is 107 cm³/mol. The summed E-state index contributed by atoms with van der Waals surface area (Å²) < 4.78 is 0. The number of amides is 1. The summed E-state index contributed by atoms with van der Waals surface area (Å²) in [6, 6.07) is 11.7. The highest BCUT2D eigenvalue weighted by Gasteiger charge is 2.20. The second-order valence-electron chi connectivity index (χ2n) is 7.56. The van der Waals surface area contributed by atoms with Gasteiger partial charge >= 0.3 is 0 Å². The number of hydrogen-bond donors (Lipinski definition) is 1. The molecule has 0 atom stereocenters. The Balaban J connectivity index is 1.60. The molecule has 3 rings (SSSR count). The van der Waals surface area contributed by atoms with Gasteiger partial charge in [-0.1, -0.05) is 17.7 Å². The van der Waals surface area contributed by atoms with Crippen molar-refractivity contribution in [1.29, 1.82) is 0 Å². The predicted octanol–water partition coefficient (Wildman–Crippen LogP) is 3.59. The molecule has 0 bridgehead atoms. The molecule has 1 aromatic heterocycles. The first-order chi connectivity index (χ1) is 12.3. The van der Waals surface area contributed by atoms with Crippen molar-refractivity contribution in [3.05, 3.63) is 53.2 Å². The highest BCUT2D eigenvalue weighted by atomic mass is 35.5. The Labute approximate surface area is 160 Å². The first-order valence-corrected chi connectivity index (χ1v) is 9.24. The van der Waals surface area contributed by atoms with E-state index in [1.807, 2.05) is 51.1 Å². The van der Waals surface area contributed by atoms with Crippen LogP contribution in [0.25, 0.3) is 0 Å². The summed E-state index contributed by atoms with van der Waals surface area (Å²) in [5, 5.41) is 3.71. The molecule has 138 valence electrons. The topological polar surface area (TPSA) is 48.5 Å². The van der Waals surface area contributed by atoms with Crippen LogP contribution in [0.1, 0.15) is 31.1 Å². The monoisotopic (exact) mass is 372 g/mol. The number of piperazine rings is 1. The van der Waals surface area contributed by atoms with Crippen molar-refractivity contribution in [2.75, 3.05) is 36.0 Å². The van der Waals surface area contributed by atoms with Crippen molar-refractivity contribution in [2.45, 2.75) is 26.3 Å². The fourth-order valence-electron chi connectivity index (χ4n) is 2.99. The van der Waals surface area contributed by atoms with Crippen LogP contribution in [0.3, 0.4) is 0 Å². The molecule has 0 spiro atoms. The standard InChI is InChI=1S/C20H25ClN4O/c1-20(2,3)23-19(26)15-7-8-18(22-14-15)25-11-9-24(10-12-25)17-6-4-5-16(21)13-17/h4-8,13-14H,9-12H2,1-3H3,(H,23,26). The van der Waals surface area contributed by atoms with E-state index in [9.17, 15) is 4.79 Å². The average molecular weight is 373 g/mol. The van der Waals surface area contributed by atoms with E-state index >= 15 is 0 Å². The van der Waals surface area contributed by atoms with E-state index in [0.29, 0.717) is 5.56 Å². The average Bonchev–Trinajstić information content (AvgIpc) is 2.61. The molecule has 1 amide bonds. The number of rotatable bonds is 3. The maximum atomic E-state index is 12.2. The Kier molecular flexibility index (Phi) is 5.37. The van der Waals surface area contributed by atoms with Crippen LogP contribution < -0.4 is 15.1 Å². The summed E-state index contributed by atoms with van der Waals surface area (Å²) >= 11 is 6.09.